The van der Waals surface area contributed by atoms with Gasteiger partial charge in [0.2, 0.25) is 11.8 Å². The van der Waals surface area contributed by atoms with Crippen molar-refractivity contribution in [2.75, 3.05) is 5.75 Å². The van der Waals surface area contributed by atoms with Crippen molar-refractivity contribution in [1.29, 1.82) is 0 Å². The molecule has 1 fully saturated rings. The van der Waals surface area contributed by atoms with Crippen molar-refractivity contribution in [1.82, 2.24) is 10.2 Å². The molecule has 38 heavy (non-hydrogen) atoms. The molecule has 0 saturated heterocycles. The second-order valence-corrected chi connectivity index (χ2v) is 11.8. The molecule has 4 rings (SSSR count). The van der Waals surface area contributed by atoms with E-state index < -0.39 is 6.04 Å². The molecular weight excluding hydrogens is 559 g/mol. The van der Waals surface area contributed by atoms with Crippen LogP contribution in [0.15, 0.2) is 72.8 Å². The Morgan fingerprint density at radius 2 is 1.61 bits per heavy atom. The molecule has 0 heterocycles. The Morgan fingerprint density at radius 1 is 0.868 bits per heavy atom. The van der Waals surface area contributed by atoms with Gasteiger partial charge >= 0.3 is 0 Å². The molecule has 3 aromatic rings. The number of carbonyl (C=O) groups is 2. The van der Waals surface area contributed by atoms with Crippen LogP contribution in [0.4, 0.5) is 0 Å². The molecule has 1 N–H and O–H groups in total. The Labute approximate surface area is 244 Å². The molecule has 0 spiro atoms. The standard InChI is InChI=1S/C30H31Cl3N2O2S/c31-24-10-6-9-23(15-24)19-38-20-29(36)35(18-22-13-14-26(32)27(33)16-22)28(17-21-7-2-1-3-8-21)30(37)34-25-11-4-5-12-25/h1-3,6-10,13-16,25,28H,4-5,11-12,17-20H2,(H,34,37). The summed E-state index contributed by atoms with van der Waals surface area (Å²) in [5, 5.41) is 4.76. The molecule has 1 aliphatic rings. The van der Waals surface area contributed by atoms with Gasteiger partial charge in [-0.3, -0.25) is 9.59 Å². The average molecular weight is 590 g/mol. The van der Waals surface area contributed by atoms with Gasteiger partial charge in [0, 0.05) is 29.8 Å². The van der Waals surface area contributed by atoms with E-state index >= 15 is 0 Å². The Kier molecular flexibility index (Phi) is 10.8. The Bertz CT molecular complexity index is 1240. The van der Waals surface area contributed by atoms with E-state index in [2.05, 4.69) is 5.32 Å². The van der Waals surface area contributed by atoms with Gasteiger partial charge in [-0.1, -0.05) is 96.2 Å². The Balaban J connectivity index is 1.58. The molecular formula is C30H31Cl3N2O2S. The molecule has 2 amide bonds. The molecule has 200 valence electrons. The average Bonchev–Trinajstić information content (AvgIpc) is 3.42. The normalized spacial score (nSPS) is 14.3. The number of hydrogen-bond acceptors (Lipinski definition) is 3. The summed E-state index contributed by atoms with van der Waals surface area (Å²) >= 11 is 20.1. The third-order valence-corrected chi connectivity index (χ3v) is 8.66. The third-order valence-electron chi connectivity index (χ3n) is 6.69. The van der Waals surface area contributed by atoms with Crippen LogP contribution in [0.2, 0.25) is 15.1 Å². The van der Waals surface area contributed by atoms with Crippen molar-refractivity contribution in [3.05, 3.63) is 105 Å². The number of halogens is 3. The van der Waals surface area contributed by atoms with Gasteiger partial charge in [0.1, 0.15) is 6.04 Å². The quantitative estimate of drug-likeness (QED) is 0.251. The fraction of sp³-hybridized carbons (Fsp3) is 0.333. The molecule has 1 atom stereocenters. The molecule has 0 bridgehead atoms. The van der Waals surface area contributed by atoms with Crippen molar-refractivity contribution in [2.45, 2.75) is 56.5 Å². The lowest BCUT2D eigenvalue weighted by atomic mass is 10.0. The van der Waals surface area contributed by atoms with Crippen molar-refractivity contribution in [3.63, 3.8) is 0 Å². The fourth-order valence-corrected chi connectivity index (χ4v) is 6.11. The van der Waals surface area contributed by atoms with E-state index in [-0.39, 0.29) is 30.2 Å². The minimum Gasteiger partial charge on any atom is -0.352 e. The van der Waals surface area contributed by atoms with Gasteiger partial charge in [-0.2, -0.15) is 0 Å². The molecule has 4 nitrogen and oxygen atoms in total. The highest BCUT2D eigenvalue weighted by atomic mass is 35.5. The predicted molar refractivity (Wildman–Crippen MR) is 159 cm³/mol. The zero-order valence-electron chi connectivity index (χ0n) is 21.0. The van der Waals surface area contributed by atoms with Crippen molar-refractivity contribution in [2.24, 2.45) is 0 Å². The SMILES string of the molecule is O=C(NC1CCCC1)C(Cc1ccccc1)N(Cc1ccc(Cl)c(Cl)c1)C(=O)CSCc1cccc(Cl)c1. The predicted octanol–water partition coefficient (Wildman–Crippen LogP) is 7.58. The number of nitrogens with one attached hydrogen (secondary N) is 1. The summed E-state index contributed by atoms with van der Waals surface area (Å²) in [5.41, 5.74) is 2.86. The van der Waals surface area contributed by atoms with Crippen LogP contribution in [-0.2, 0) is 28.3 Å². The smallest absolute Gasteiger partial charge is 0.243 e. The number of amides is 2. The van der Waals surface area contributed by atoms with Gasteiger partial charge in [0.25, 0.3) is 0 Å². The number of carbonyl (C=O) groups excluding carboxylic acids is 2. The van der Waals surface area contributed by atoms with Crippen molar-refractivity contribution < 1.29 is 9.59 Å². The fourth-order valence-electron chi connectivity index (χ4n) is 4.72. The van der Waals surface area contributed by atoms with Crippen LogP contribution in [0.1, 0.15) is 42.4 Å². The van der Waals surface area contributed by atoms with Crippen LogP contribution in [-0.4, -0.2) is 34.6 Å². The Hall–Kier alpha value is -2.18. The molecule has 8 heteroatoms. The highest BCUT2D eigenvalue weighted by Gasteiger charge is 2.32. The maximum atomic E-state index is 13.8. The van der Waals surface area contributed by atoms with Gasteiger partial charge in [-0.05, 0) is 53.8 Å². The molecule has 0 aliphatic heterocycles. The van der Waals surface area contributed by atoms with Crippen LogP contribution in [0.5, 0.6) is 0 Å². The number of benzene rings is 3. The summed E-state index contributed by atoms with van der Waals surface area (Å²) < 4.78 is 0. The van der Waals surface area contributed by atoms with Gasteiger partial charge in [-0.25, -0.2) is 0 Å². The minimum absolute atomic E-state index is 0.106. The molecule has 1 aliphatic carbocycles. The minimum atomic E-state index is -0.660. The van der Waals surface area contributed by atoms with E-state index in [1.165, 1.54) is 11.8 Å². The summed E-state index contributed by atoms with van der Waals surface area (Å²) in [7, 11) is 0. The van der Waals surface area contributed by atoms with E-state index in [1.807, 2.05) is 60.7 Å². The van der Waals surface area contributed by atoms with E-state index in [4.69, 9.17) is 34.8 Å². The monoisotopic (exact) mass is 588 g/mol. The zero-order chi connectivity index (χ0) is 26.9. The van der Waals surface area contributed by atoms with Gasteiger partial charge < -0.3 is 10.2 Å². The first-order chi connectivity index (χ1) is 18.4. The maximum Gasteiger partial charge on any atom is 0.243 e. The highest BCUT2D eigenvalue weighted by molar-refractivity contribution is 7.99. The number of nitrogens with zero attached hydrogens (tertiary/aromatic N) is 1. The number of thioether (sulfide) groups is 1. The maximum absolute atomic E-state index is 13.8. The number of rotatable bonds is 11. The lowest BCUT2D eigenvalue weighted by Crippen LogP contribution is -2.52. The van der Waals surface area contributed by atoms with E-state index in [0.717, 1.165) is 42.4 Å². The van der Waals surface area contributed by atoms with Crippen LogP contribution in [0.25, 0.3) is 0 Å². The molecule has 1 unspecified atom stereocenters. The van der Waals surface area contributed by atoms with Crippen LogP contribution < -0.4 is 5.32 Å². The first kappa shape index (κ1) is 28.8. The topological polar surface area (TPSA) is 49.4 Å². The molecule has 0 aromatic heterocycles. The summed E-state index contributed by atoms with van der Waals surface area (Å²) in [6.45, 7) is 0.253. The molecule has 3 aromatic carbocycles. The van der Waals surface area contributed by atoms with Gasteiger partial charge in [-0.15, -0.1) is 11.8 Å². The second-order valence-electron chi connectivity index (χ2n) is 9.59. The third kappa shape index (κ3) is 8.41. The Morgan fingerprint density at radius 3 is 2.32 bits per heavy atom. The first-order valence-electron chi connectivity index (χ1n) is 12.8. The second kappa shape index (κ2) is 14.3. The molecule has 0 radical (unpaired) electrons. The van der Waals surface area contributed by atoms with Crippen LogP contribution in [0.3, 0.4) is 0 Å². The summed E-state index contributed by atoms with van der Waals surface area (Å²) in [6.07, 6.45) is 4.59. The summed E-state index contributed by atoms with van der Waals surface area (Å²) in [4.78, 5) is 29.2. The van der Waals surface area contributed by atoms with Crippen molar-refractivity contribution >= 4 is 58.4 Å². The largest absolute Gasteiger partial charge is 0.352 e. The number of hydrogen-bond donors (Lipinski definition) is 1. The summed E-state index contributed by atoms with van der Waals surface area (Å²) in [5.74, 6) is 0.653. The first-order valence-corrected chi connectivity index (χ1v) is 15.1. The van der Waals surface area contributed by atoms with Crippen LogP contribution in [0, 0.1) is 0 Å². The lowest BCUT2D eigenvalue weighted by Gasteiger charge is -2.32. The lowest BCUT2D eigenvalue weighted by molar-refractivity contribution is -0.139. The van der Waals surface area contributed by atoms with Crippen molar-refractivity contribution in [3.8, 4) is 0 Å². The van der Waals surface area contributed by atoms with Crippen LogP contribution >= 0.6 is 46.6 Å². The summed E-state index contributed by atoms with van der Waals surface area (Å²) in [6, 6.07) is 22.3. The van der Waals surface area contributed by atoms with Gasteiger partial charge in [0.15, 0.2) is 0 Å². The zero-order valence-corrected chi connectivity index (χ0v) is 24.1. The van der Waals surface area contributed by atoms with E-state index in [1.54, 1.807) is 17.0 Å². The highest BCUT2D eigenvalue weighted by Crippen LogP contribution is 2.26. The molecule has 1 saturated carbocycles. The van der Waals surface area contributed by atoms with E-state index in [9.17, 15) is 9.59 Å². The van der Waals surface area contributed by atoms with Gasteiger partial charge in [0.05, 0.1) is 15.8 Å². The van der Waals surface area contributed by atoms with E-state index in [0.29, 0.717) is 27.2 Å².